The van der Waals surface area contributed by atoms with Gasteiger partial charge in [0.15, 0.2) is 0 Å². The van der Waals surface area contributed by atoms with Crippen LogP contribution in [0.2, 0.25) is 0 Å². The Morgan fingerprint density at radius 2 is 2.07 bits per heavy atom. The van der Waals surface area contributed by atoms with Crippen LogP contribution in [0.4, 0.5) is 4.79 Å². The summed E-state index contributed by atoms with van der Waals surface area (Å²) < 4.78 is 5.96. The van der Waals surface area contributed by atoms with Crippen molar-refractivity contribution in [1.82, 2.24) is 9.78 Å². The highest BCUT2D eigenvalue weighted by atomic mass is 16.5. The van der Waals surface area contributed by atoms with Crippen molar-refractivity contribution in [3.63, 3.8) is 0 Å². The Morgan fingerprint density at radius 1 is 1.50 bits per heavy atom. The molecule has 0 amide bonds. The standard InChI is InChI=1S/C10H16N2O2/c1-7-6-8(10(2,3)4)12(11-7)9(13)14-5/h6H,1-5H3. The van der Waals surface area contributed by atoms with Crippen molar-refractivity contribution in [2.24, 2.45) is 0 Å². The van der Waals surface area contributed by atoms with Crippen LogP contribution in [0.5, 0.6) is 0 Å². The first kappa shape index (κ1) is 10.8. The molecule has 0 aliphatic rings. The topological polar surface area (TPSA) is 44.1 Å². The molecule has 0 saturated carbocycles. The molecule has 0 aromatic carbocycles. The summed E-state index contributed by atoms with van der Waals surface area (Å²) in [5.41, 5.74) is 1.57. The Bertz CT molecular complexity index is 347. The van der Waals surface area contributed by atoms with Crippen LogP contribution < -0.4 is 0 Å². The largest absolute Gasteiger partial charge is 0.451 e. The van der Waals surface area contributed by atoms with E-state index in [0.29, 0.717) is 0 Å². The van der Waals surface area contributed by atoms with E-state index < -0.39 is 6.09 Å². The van der Waals surface area contributed by atoms with E-state index >= 15 is 0 Å². The lowest BCUT2D eigenvalue weighted by Gasteiger charge is -2.18. The predicted molar refractivity (Wildman–Crippen MR) is 53.5 cm³/mol. The van der Waals surface area contributed by atoms with E-state index in [1.807, 2.05) is 33.8 Å². The molecule has 0 saturated heterocycles. The summed E-state index contributed by atoms with van der Waals surface area (Å²) in [6, 6.07) is 1.90. The number of hydrogen-bond acceptors (Lipinski definition) is 3. The minimum atomic E-state index is -0.442. The van der Waals surface area contributed by atoms with Crippen molar-refractivity contribution in [3.05, 3.63) is 17.5 Å². The van der Waals surface area contributed by atoms with Gasteiger partial charge < -0.3 is 4.74 Å². The molecule has 0 bridgehead atoms. The van der Waals surface area contributed by atoms with Gasteiger partial charge in [-0.1, -0.05) is 20.8 Å². The number of hydrogen-bond donors (Lipinski definition) is 0. The molecule has 0 N–H and O–H groups in total. The summed E-state index contributed by atoms with van der Waals surface area (Å²) in [6.07, 6.45) is -0.442. The minimum Gasteiger partial charge on any atom is -0.451 e. The van der Waals surface area contributed by atoms with Gasteiger partial charge in [-0.15, -0.1) is 0 Å². The van der Waals surface area contributed by atoms with E-state index in [4.69, 9.17) is 0 Å². The van der Waals surface area contributed by atoms with Gasteiger partial charge in [-0.2, -0.15) is 9.78 Å². The van der Waals surface area contributed by atoms with Crippen molar-refractivity contribution >= 4 is 6.09 Å². The molecule has 0 spiro atoms. The first-order chi connectivity index (χ1) is 6.36. The van der Waals surface area contributed by atoms with Crippen molar-refractivity contribution in [2.45, 2.75) is 33.1 Å². The molecule has 4 heteroatoms. The number of aryl methyl sites for hydroxylation is 1. The Kier molecular flexibility index (Phi) is 2.64. The molecule has 0 atom stereocenters. The number of carbonyl (C=O) groups excluding carboxylic acids is 1. The zero-order valence-corrected chi connectivity index (χ0v) is 9.29. The molecule has 0 unspecified atom stereocenters. The van der Waals surface area contributed by atoms with Crippen LogP contribution in [-0.4, -0.2) is 23.0 Å². The third kappa shape index (κ3) is 1.95. The van der Waals surface area contributed by atoms with Crippen LogP contribution >= 0.6 is 0 Å². The molecule has 1 heterocycles. The quantitative estimate of drug-likeness (QED) is 0.638. The second kappa shape index (κ2) is 3.44. The van der Waals surface area contributed by atoms with Gasteiger partial charge in [0, 0.05) is 5.41 Å². The Balaban J connectivity index is 3.23. The van der Waals surface area contributed by atoms with E-state index in [1.54, 1.807) is 0 Å². The molecule has 1 rings (SSSR count). The highest BCUT2D eigenvalue weighted by Crippen LogP contribution is 2.22. The molecule has 4 nitrogen and oxygen atoms in total. The lowest BCUT2D eigenvalue weighted by atomic mass is 9.92. The maximum absolute atomic E-state index is 11.4. The van der Waals surface area contributed by atoms with Crippen molar-refractivity contribution < 1.29 is 9.53 Å². The van der Waals surface area contributed by atoms with Gasteiger partial charge in [0.1, 0.15) is 0 Å². The Hall–Kier alpha value is -1.32. The van der Waals surface area contributed by atoms with Gasteiger partial charge in [-0.25, -0.2) is 4.79 Å². The maximum Gasteiger partial charge on any atom is 0.434 e. The SMILES string of the molecule is COC(=O)n1nc(C)cc1C(C)(C)C. The van der Waals surface area contributed by atoms with E-state index in [9.17, 15) is 4.79 Å². The summed E-state index contributed by atoms with van der Waals surface area (Å²) in [4.78, 5) is 11.4. The fraction of sp³-hybridized carbons (Fsp3) is 0.600. The van der Waals surface area contributed by atoms with Gasteiger partial charge in [0.25, 0.3) is 0 Å². The fourth-order valence-electron chi connectivity index (χ4n) is 1.26. The molecule has 0 fully saturated rings. The first-order valence-corrected chi connectivity index (χ1v) is 4.51. The minimum absolute atomic E-state index is 0.116. The summed E-state index contributed by atoms with van der Waals surface area (Å²) >= 11 is 0. The summed E-state index contributed by atoms with van der Waals surface area (Å²) in [5, 5.41) is 4.09. The van der Waals surface area contributed by atoms with Crippen LogP contribution in [0.3, 0.4) is 0 Å². The van der Waals surface area contributed by atoms with Gasteiger partial charge in [0.2, 0.25) is 0 Å². The molecular weight excluding hydrogens is 180 g/mol. The molecule has 14 heavy (non-hydrogen) atoms. The van der Waals surface area contributed by atoms with Crippen LogP contribution in [0.15, 0.2) is 6.07 Å². The lowest BCUT2D eigenvalue weighted by molar-refractivity contribution is 0.167. The Labute approximate surface area is 83.9 Å². The number of rotatable bonds is 0. The highest BCUT2D eigenvalue weighted by Gasteiger charge is 2.23. The van der Waals surface area contributed by atoms with E-state index in [2.05, 4.69) is 9.84 Å². The summed E-state index contributed by atoms with van der Waals surface area (Å²) in [7, 11) is 1.35. The normalized spacial score (nSPS) is 11.5. The number of aromatic nitrogens is 2. The zero-order valence-electron chi connectivity index (χ0n) is 9.29. The summed E-state index contributed by atoms with van der Waals surface area (Å²) in [6.45, 7) is 7.95. The monoisotopic (exact) mass is 196 g/mol. The highest BCUT2D eigenvalue weighted by molar-refractivity contribution is 5.70. The predicted octanol–water partition coefficient (Wildman–Crippen LogP) is 2.10. The molecular formula is C10H16N2O2. The van der Waals surface area contributed by atoms with Crippen molar-refractivity contribution in [1.29, 1.82) is 0 Å². The maximum atomic E-state index is 11.4. The van der Waals surface area contributed by atoms with Gasteiger partial charge in [0.05, 0.1) is 18.5 Å². The molecule has 0 aliphatic carbocycles. The number of methoxy groups -OCH3 is 1. The number of nitrogens with zero attached hydrogens (tertiary/aromatic N) is 2. The van der Waals surface area contributed by atoms with E-state index in [0.717, 1.165) is 11.4 Å². The number of ether oxygens (including phenoxy) is 1. The number of carbonyl (C=O) groups is 1. The average Bonchev–Trinajstić information content (AvgIpc) is 2.45. The molecule has 78 valence electrons. The lowest BCUT2D eigenvalue weighted by Crippen LogP contribution is -2.23. The van der Waals surface area contributed by atoms with Gasteiger partial charge in [-0.3, -0.25) is 0 Å². The second-order valence-corrected chi connectivity index (χ2v) is 4.30. The van der Waals surface area contributed by atoms with E-state index in [-0.39, 0.29) is 5.41 Å². The third-order valence-electron chi connectivity index (χ3n) is 1.95. The molecule has 0 radical (unpaired) electrons. The fourth-order valence-corrected chi connectivity index (χ4v) is 1.26. The molecule has 1 aromatic heterocycles. The third-order valence-corrected chi connectivity index (χ3v) is 1.95. The zero-order chi connectivity index (χ0) is 10.9. The van der Waals surface area contributed by atoms with Crippen molar-refractivity contribution in [2.75, 3.05) is 7.11 Å². The van der Waals surface area contributed by atoms with Crippen molar-refractivity contribution in [3.8, 4) is 0 Å². The molecule has 0 aliphatic heterocycles. The van der Waals surface area contributed by atoms with Crippen LogP contribution in [0, 0.1) is 6.92 Å². The smallest absolute Gasteiger partial charge is 0.434 e. The van der Waals surface area contributed by atoms with Gasteiger partial charge in [-0.05, 0) is 13.0 Å². The van der Waals surface area contributed by atoms with Crippen LogP contribution in [-0.2, 0) is 10.2 Å². The summed E-state index contributed by atoms with van der Waals surface area (Å²) in [5.74, 6) is 0. The Morgan fingerprint density at radius 3 is 2.50 bits per heavy atom. The average molecular weight is 196 g/mol. The second-order valence-electron chi connectivity index (χ2n) is 4.30. The van der Waals surface area contributed by atoms with E-state index in [1.165, 1.54) is 11.8 Å². The molecule has 1 aromatic rings. The first-order valence-electron chi connectivity index (χ1n) is 4.51. The van der Waals surface area contributed by atoms with Crippen LogP contribution in [0.25, 0.3) is 0 Å². The van der Waals surface area contributed by atoms with Gasteiger partial charge >= 0.3 is 6.09 Å². The van der Waals surface area contributed by atoms with Crippen LogP contribution in [0.1, 0.15) is 32.2 Å².